The minimum atomic E-state index is -0.181. The normalized spacial score (nSPS) is 14.8. The zero-order chi connectivity index (χ0) is 19.8. The van der Waals surface area contributed by atoms with Crippen molar-refractivity contribution in [3.8, 4) is 0 Å². The van der Waals surface area contributed by atoms with Crippen LogP contribution in [0.15, 0.2) is 41.3 Å². The molecule has 1 aliphatic rings. The van der Waals surface area contributed by atoms with E-state index in [9.17, 15) is 4.79 Å². The number of hydrogen-bond donors (Lipinski definition) is 0. The number of nitrogens with zero attached hydrogens (tertiary/aromatic N) is 1. The second-order valence-corrected chi connectivity index (χ2v) is 9.52. The van der Waals surface area contributed by atoms with Crippen LogP contribution in [0.25, 0.3) is 10.8 Å². The van der Waals surface area contributed by atoms with Gasteiger partial charge >= 0.3 is 5.97 Å². The molecule has 1 aliphatic heterocycles. The fraction of sp³-hybridized carbons (Fsp3) is 0.522. The third kappa shape index (κ3) is 5.72. The highest BCUT2D eigenvalue weighted by Gasteiger charge is 2.28. The van der Waals surface area contributed by atoms with Crippen LogP contribution < -0.4 is 0 Å². The van der Waals surface area contributed by atoms with Crippen LogP contribution in [-0.2, 0) is 31.6 Å². The Hall–Kier alpha value is -1.56. The quantitative estimate of drug-likeness (QED) is 0.345. The summed E-state index contributed by atoms with van der Waals surface area (Å²) in [4.78, 5) is 15.0. The van der Waals surface area contributed by atoms with Crippen LogP contribution in [0.2, 0.25) is 0 Å². The maximum absolute atomic E-state index is 11.5. The van der Waals surface area contributed by atoms with Gasteiger partial charge in [-0.15, -0.1) is 0 Å². The number of fused-ring (bicyclic) bond motifs is 1. The lowest BCUT2D eigenvalue weighted by molar-refractivity contribution is -0.144. The number of hydrogen-bond acceptors (Lipinski definition) is 4. The van der Waals surface area contributed by atoms with Gasteiger partial charge in [0.2, 0.25) is 0 Å². The second-order valence-electron chi connectivity index (χ2n) is 7.28. The fourth-order valence-corrected chi connectivity index (χ4v) is 6.19. The van der Waals surface area contributed by atoms with E-state index in [1.54, 1.807) is 4.90 Å². The summed E-state index contributed by atoms with van der Waals surface area (Å²) >= 11 is 0. The van der Waals surface area contributed by atoms with Gasteiger partial charge in [0.1, 0.15) is 11.5 Å². The Morgan fingerprint density at radius 1 is 1.07 bits per heavy atom. The van der Waals surface area contributed by atoms with Crippen molar-refractivity contribution >= 4 is 27.6 Å². The topological polar surface area (TPSA) is 38.8 Å². The van der Waals surface area contributed by atoms with Gasteiger partial charge in [-0.2, -0.15) is 0 Å². The van der Waals surface area contributed by atoms with Crippen molar-refractivity contribution in [2.45, 2.75) is 31.1 Å². The molecule has 1 saturated heterocycles. The molecular weight excluding hydrogens is 370 g/mol. The molecule has 0 amide bonds. The molecule has 0 aromatic heterocycles. The summed E-state index contributed by atoms with van der Waals surface area (Å²) in [6, 6.07) is 13.5. The number of ether oxygens (including phenoxy) is 2. The molecule has 0 unspecified atom stereocenters. The molecule has 2 aromatic rings. The van der Waals surface area contributed by atoms with Crippen LogP contribution in [0.5, 0.6) is 0 Å². The van der Waals surface area contributed by atoms with Gasteiger partial charge in [-0.3, -0.25) is 9.69 Å². The average molecular weight is 403 g/mol. The lowest BCUT2D eigenvalue weighted by Gasteiger charge is -2.15. The van der Waals surface area contributed by atoms with Gasteiger partial charge in [-0.1, -0.05) is 24.3 Å². The molecule has 3 rings (SSSR count). The highest BCUT2D eigenvalue weighted by molar-refractivity contribution is 7.97. The summed E-state index contributed by atoms with van der Waals surface area (Å²) in [6.07, 6.45) is 3.66. The lowest BCUT2D eigenvalue weighted by Crippen LogP contribution is -2.30. The summed E-state index contributed by atoms with van der Waals surface area (Å²) in [5, 5.41) is 2.81. The van der Waals surface area contributed by atoms with Gasteiger partial charge in [-0.05, 0) is 56.3 Å². The molecule has 4 nitrogen and oxygen atoms in total. The molecule has 0 atom stereocenters. The maximum atomic E-state index is 11.5. The molecule has 0 bridgehead atoms. The van der Waals surface area contributed by atoms with E-state index in [0.717, 1.165) is 13.0 Å². The molecule has 2 aromatic carbocycles. The minimum absolute atomic E-state index is 0.181. The Labute approximate surface area is 171 Å². The molecule has 0 N–H and O–H groups in total. The fourth-order valence-electron chi connectivity index (χ4n) is 3.69. The molecule has 28 heavy (non-hydrogen) atoms. The second kappa shape index (κ2) is 10.8. The summed E-state index contributed by atoms with van der Waals surface area (Å²) < 4.78 is 10.8. The van der Waals surface area contributed by atoms with Crippen molar-refractivity contribution in [1.29, 1.82) is 0 Å². The third-order valence-corrected chi connectivity index (χ3v) is 7.70. The van der Waals surface area contributed by atoms with E-state index >= 15 is 0 Å². The van der Waals surface area contributed by atoms with Crippen molar-refractivity contribution in [1.82, 2.24) is 4.90 Å². The number of rotatable bonds is 10. The van der Waals surface area contributed by atoms with Crippen molar-refractivity contribution in [3.05, 3.63) is 42.0 Å². The van der Waals surface area contributed by atoms with E-state index in [1.807, 2.05) is 18.9 Å². The first-order valence-electron chi connectivity index (χ1n) is 10.3. The van der Waals surface area contributed by atoms with E-state index in [4.69, 9.17) is 9.47 Å². The number of benzene rings is 2. The standard InChI is InChI=1S/C23H32NO3S/c1-3-27-23(25)18-24(2)13-15-26-14-12-19-10-11-22(28-16-6-7-17-28)21-9-5-4-8-20(19)21/h4-5,8-11H,3,6-7,12-18H2,1-2H3/q+1. The molecule has 0 spiro atoms. The van der Waals surface area contributed by atoms with E-state index < -0.39 is 0 Å². The van der Waals surface area contributed by atoms with Gasteiger partial charge in [-0.25, -0.2) is 0 Å². The Morgan fingerprint density at radius 2 is 1.82 bits per heavy atom. The minimum Gasteiger partial charge on any atom is -0.465 e. The van der Waals surface area contributed by atoms with Gasteiger partial charge in [0.25, 0.3) is 0 Å². The van der Waals surface area contributed by atoms with Crippen LogP contribution in [-0.4, -0.2) is 62.3 Å². The van der Waals surface area contributed by atoms with E-state index in [0.29, 0.717) is 37.3 Å². The van der Waals surface area contributed by atoms with E-state index in [-0.39, 0.29) is 5.97 Å². The van der Waals surface area contributed by atoms with Crippen LogP contribution in [0.4, 0.5) is 0 Å². The molecule has 0 saturated carbocycles. The molecule has 152 valence electrons. The van der Waals surface area contributed by atoms with Crippen molar-refractivity contribution < 1.29 is 14.3 Å². The maximum Gasteiger partial charge on any atom is 0.320 e. The van der Waals surface area contributed by atoms with Crippen LogP contribution in [0.3, 0.4) is 0 Å². The highest BCUT2D eigenvalue weighted by Crippen LogP contribution is 2.31. The van der Waals surface area contributed by atoms with Gasteiger partial charge in [0.05, 0.1) is 26.4 Å². The molecule has 5 heteroatoms. The van der Waals surface area contributed by atoms with E-state index in [1.165, 1.54) is 40.7 Å². The smallest absolute Gasteiger partial charge is 0.320 e. The summed E-state index contributed by atoms with van der Waals surface area (Å²) in [5.74, 6) is 2.52. The summed E-state index contributed by atoms with van der Waals surface area (Å²) in [6.45, 7) is 4.60. The first-order valence-corrected chi connectivity index (χ1v) is 11.9. The number of likely N-dealkylation sites (N-methyl/N-ethyl adjacent to an activating group) is 1. The molecule has 1 fully saturated rings. The van der Waals surface area contributed by atoms with Crippen LogP contribution >= 0.6 is 0 Å². The van der Waals surface area contributed by atoms with Crippen LogP contribution in [0.1, 0.15) is 25.3 Å². The lowest BCUT2D eigenvalue weighted by atomic mass is 10.0. The van der Waals surface area contributed by atoms with Gasteiger partial charge in [0.15, 0.2) is 4.90 Å². The largest absolute Gasteiger partial charge is 0.465 e. The molecule has 1 heterocycles. The Kier molecular flexibility index (Phi) is 8.19. The number of esters is 1. The Morgan fingerprint density at radius 3 is 2.57 bits per heavy atom. The molecular formula is C23H32NO3S+. The third-order valence-electron chi connectivity index (χ3n) is 5.15. The van der Waals surface area contributed by atoms with Crippen molar-refractivity contribution in [2.75, 3.05) is 51.5 Å². The molecule has 0 radical (unpaired) electrons. The van der Waals surface area contributed by atoms with Gasteiger partial charge in [0, 0.05) is 22.8 Å². The number of carbonyl (C=O) groups is 1. The SMILES string of the molecule is CCOC(=O)CN(C)CCOCCc1ccc([S+]2CCCC2)c2ccccc12. The monoisotopic (exact) mass is 402 g/mol. The van der Waals surface area contributed by atoms with Crippen molar-refractivity contribution in [3.63, 3.8) is 0 Å². The zero-order valence-electron chi connectivity index (χ0n) is 17.1. The molecule has 0 aliphatic carbocycles. The van der Waals surface area contributed by atoms with Gasteiger partial charge < -0.3 is 9.47 Å². The summed E-state index contributed by atoms with van der Waals surface area (Å²) in [5.41, 5.74) is 1.36. The first-order chi connectivity index (χ1) is 13.7. The van der Waals surface area contributed by atoms with Crippen molar-refractivity contribution in [2.24, 2.45) is 0 Å². The first kappa shape index (κ1) is 21.2. The summed E-state index contributed by atoms with van der Waals surface area (Å²) in [7, 11) is 2.34. The van der Waals surface area contributed by atoms with Crippen LogP contribution in [0, 0.1) is 0 Å². The zero-order valence-corrected chi connectivity index (χ0v) is 17.9. The Balaban J connectivity index is 1.51. The predicted molar refractivity (Wildman–Crippen MR) is 117 cm³/mol. The average Bonchev–Trinajstić information content (AvgIpc) is 3.22. The highest BCUT2D eigenvalue weighted by atomic mass is 32.2. The Bertz CT molecular complexity index is 774. The predicted octanol–water partition coefficient (Wildman–Crippen LogP) is 3.66. The number of carbonyl (C=O) groups excluding carboxylic acids is 1. The van der Waals surface area contributed by atoms with E-state index in [2.05, 4.69) is 36.4 Å².